The van der Waals surface area contributed by atoms with E-state index in [9.17, 15) is 30.0 Å². The zero-order valence-corrected chi connectivity index (χ0v) is 33.3. The van der Waals surface area contributed by atoms with Crippen LogP contribution in [0.25, 0.3) is 0 Å². The van der Waals surface area contributed by atoms with Gasteiger partial charge in [-0.15, -0.1) is 0 Å². The maximum Gasteiger partial charge on any atom is 0.306 e. The van der Waals surface area contributed by atoms with Crippen LogP contribution >= 0.6 is 0 Å². The van der Waals surface area contributed by atoms with Crippen molar-refractivity contribution in [2.24, 2.45) is 11.8 Å². The predicted molar refractivity (Wildman–Crippen MR) is 209 cm³/mol. The number of carbonyl (C=O) groups is 2. The molecule has 4 N–H and O–H groups in total. The molecule has 9 heteroatoms. The summed E-state index contributed by atoms with van der Waals surface area (Å²) in [5.74, 6) is -0.205. The number of aliphatic hydroxyl groups excluding tert-OH is 4. The highest BCUT2D eigenvalue weighted by atomic mass is 16.6. The number of allylic oxidation sites excluding steroid dienone is 2. The molecule has 0 radical (unpaired) electrons. The SMILES string of the molecule is CCCCC[C@H](O)/C=C/[C@H]1OC(O)C[C@H](O)[C@@H]1C/C=C\CCCC(=O)OC[C@H](CO)OC(=O)CCCCCCCCCCCCCCCCC(C)C. The van der Waals surface area contributed by atoms with Gasteiger partial charge in [0.25, 0.3) is 0 Å². The van der Waals surface area contributed by atoms with Crippen LogP contribution in [0.2, 0.25) is 0 Å². The zero-order valence-electron chi connectivity index (χ0n) is 33.3. The van der Waals surface area contributed by atoms with Gasteiger partial charge in [0.2, 0.25) is 0 Å². The van der Waals surface area contributed by atoms with Crippen LogP contribution in [0.5, 0.6) is 0 Å². The Labute approximate surface area is 317 Å². The van der Waals surface area contributed by atoms with Crippen LogP contribution in [0, 0.1) is 11.8 Å². The van der Waals surface area contributed by atoms with Gasteiger partial charge < -0.3 is 34.6 Å². The highest BCUT2D eigenvalue weighted by molar-refractivity contribution is 5.70. The summed E-state index contributed by atoms with van der Waals surface area (Å²) < 4.78 is 16.2. The molecular formula is C43H78O9. The lowest BCUT2D eigenvalue weighted by atomic mass is 9.87. The average molecular weight is 739 g/mol. The lowest BCUT2D eigenvalue weighted by Gasteiger charge is -2.36. The van der Waals surface area contributed by atoms with Crippen molar-refractivity contribution in [3.05, 3.63) is 24.3 Å². The van der Waals surface area contributed by atoms with Gasteiger partial charge in [0.05, 0.1) is 24.9 Å². The second kappa shape index (κ2) is 32.6. The van der Waals surface area contributed by atoms with Gasteiger partial charge in [0.1, 0.15) is 6.61 Å². The molecule has 304 valence electrons. The third kappa shape index (κ3) is 26.9. The molecule has 0 aliphatic carbocycles. The van der Waals surface area contributed by atoms with Gasteiger partial charge in [-0.1, -0.05) is 154 Å². The molecule has 1 saturated heterocycles. The first kappa shape index (κ1) is 48.2. The van der Waals surface area contributed by atoms with Crippen LogP contribution in [0.4, 0.5) is 0 Å². The van der Waals surface area contributed by atoms with Gasteiger partial charge in [-0.25, -0.2) is 0 Å². The van der Waals surface area contributed by atoms with E-state index < -0.39 is 43.3 Å². The molecule has 0 aromatic heterocycles. The average Bonchev–Trinajstić information content (AvgIpc) is 3.11. The first-order valence-corrected chi connectivity index (χ1v) is 21.1. The van der Waals surface area contributed by atoms with Crippen molar-refractivity contribution in [2.75, 3.05) is 13.2 Å². The molecule has 52 heavy (non-hydrogen) atoms. The van der Waals surface area contributed by atoms with E-state index in [1.54, 1.807) is 12.2 Å². The van der Waals surface area contributed by atoms with Crippen molar-refractivity contribution in [2.45, 2.75) is 212 Å². The Morgan fingerprint density at radius 3 is 1.94 bits per heavy atom. The summed E-state index contributed by atoms with van der Waals surface area (Å²) in [5.41, 5.74) is 0. The monoisotopic (exact) mass is 739 g/mol. The van der Waals surface area contributed by atoms with Gasteiger partial charge in [-0.05, 0) is 38.0 Å². The molecule has 0 bridgehead atoms. The summed E-state index contributed by atoms with van der Waals surface area (Å²) >= 11 is 0. The van der Waals surface area contributed by atoms with Crippen molar-refractivity contribution in [1.29, 1.82) is 0 Å². The van der Waals surface area contributed by atoms with E-state index in [1.807, 2.05) is 12.2 Å². The van der Waals surface area contributed by atoms with Crippen molar-refractivity contribution >= 4 is 11.9 Å². The molecule has 6 atom stereocenters. The lowest BCUT2D eigenvalue weighted by Crippen LogP contribution is -2.43. The molecule has 0 saturated carbocycles. The van der Waals surface area contributed by atoms with E-state index in [0.717, 1.165) is 44.4 Å². The molecule has 0 amide bonds. The Kier molecular flexibility index (Phi) is 30.3. The van der Waals surface area contributed by atoms with Gasteiger partial charge in [-0.3, -0.25) is 9.59 Å². The summed E-state index contributed by atoms with van der Waals surface area (Å²) in [6.07, 6.45) is 28.6. The maximum absolute atomic E-state index is 12.2. The van der Waals surface area contributed by atoms with E-state index in [4.69, 9.17) is 14.2 Å². The minimum absolute atomic E-state index is 0.136. The summed E-state index contributed by atoms with van der Waals surface area (Å²) in [5, 5.41) is 40.4. The molecule has 1 aliphatic rings. The number of rotatable bonds is 33. The molecule has 1 heterocycles. The van der Waals surface area contributed by atoms with E-state index in [2.05, 4.69) is 20.8 Å². The molecule has 1 aliphatic heterocycles. The Balaban J connectivity index is 2.11. The third-order valence-corrected chi connectivity index (χ3v) is 9.97. The molecule has 0 aromatic carbocycles. The fraction of sp³-hybridized carbons (Fsp3) is 0.860. The summed E-state index contributed by atoms with van der Waals surface area (Å²) in [6, 6.07) is 0. The molecule has 9 nitrogen and oxygen atoms in total. The standard InChI is InChI=1S/C43H78O9/c1-4-5-20-26-36(45)30-31-40-38(39(46)32-43(49)52-40)27-22-18-19-23-28-41(47)50-34-37(33-44)51-42(48)29-24-17-15-13-11-9-7-6-8-10-12-14-16-21-25-35(2)3/h18,22,30-31,35-40,43-46,49H,4-17,19-21,23-29,32-34H2,1-3H3/b22-18-,31-30+/t36-,37-,38-,39-,40+,43?/m0/s1. The van der Waals surface area contributed by atoms with Gasteiger partial charge >= 0.3 is 11.9 Å². The number of ether oxygens (including phenoxy) is 3. The van der Waals surface area contributed by atoms with Crippen LogP contribution in [0.15, 0.2) is 24.3 Å². The van der Waals surface area contributed by atoms with Crippen molar-refractivity contribution in [3.8, 4) is 0 Å². The van der Waals surface area contributed by atoms with E-state index >= 15 is 0 Å². The number of unbranched alkanes of at least 4 members (excludes halogenated alkanes) is 16. The summed E-state index contributed by atoms with van der Waals surface area (Å²) in [7, 11) is 0. The summed E-state index contributed by atoms with van der Waals surface area (Å²) in [6.45, 7) is 6.16. The van der Waals surface area contributed by atoms with Gasteiger partial charge in [-0.2, -0.15) is 0 Å². The topological polar surface area (TPSA) is 143 Å². The van der Waals surface area contributed by atoms with Crippen LogP contribution in [-0.2, 0) is 23.8 Å². The fourth-order valence-corrected chi connectivity index (χ4v) is 6.66. The van der Waals surface area contributed by atoms with Crippen LogP contribution in [0.1, 0.15) is 181 Å². The highest BCUT2D eigenvalue weighted by Gasteiger charge is 2.35. The Bertz CT molecular complexity index is 920. The normalized spacial score (nSPS) is 20.5. The molecule has 1 unspecified atom stereocenters. The largest absolute Gasteiger partial charge is 0.462 e. The fourth-order valence-electron chi connectivity index (χ4n) is 6.66. The Hall–Kier alpha value is -1.78. The van der Waals surface area contributed by atoms with Crippen LogP contribution in [-0.4, -0.2) is 76.3 Å². The third-order valence-electron chi connectivity index (χ3n) is 9.97. The number of carbonyl (C=O) groups excluding carboxylic acids is 2. The highest BCUT2D eigenvalue weighted by Crippen LogP contribution is 2.29. The molecule has 1 rings (SSSR count). The molecule has 0 spiro atoms. The number of hydrogen-bond acceptors (Lipinski definition) is 9. The smallest absolute Gasteiger partial charge is 0.306 e. The predicted octanol–water partition coefficient (Wildman–Crippen LogP) is 9.03. The molecular weight excluding hydrogens is 660 g/mol. The van der Waals surface area contributed by atoms with Crippen molar-refractivity contribution < 1.29 is 44.2 Å². The Morgan fingerprint density at radius 2 is 1.35 bits per heavy atom. The minimum Gasteiger partial charge on any atom is -0.462 e. The molecule has 1 fully saturated rings. The first-order chi connectivity index (χ1) is 25.2. The minimum atomic E-state index is -1.05. The van der Waals surface area contributed by atoms with E-state index in [0.29, 0.717) is 32.1 Å². The quantitative estimate of drug-likeness (QED) is 0.0295. The van der Waals surface area contributed by atoms with Gasteiger partial charge in [0, 0.05) is 25.2 Å². The van der Waals surface area contributed by atoms with E-state index in [-0.39, 0.29) is 31.3 Å². The maximum atomic E-state index is 12.2. The molecule has 0 aromatic rings. The van der Waals surface area contributed by atoms with Crippen LogP contribution < -0.4 is 0 Å². The second-order valence-electron chi connectivity index (χ2n) is 15.4. The van der Waals surface area contributed by atoms with Crippen LogP contribution in [0.3, 0.4) is 0 Å². The number of hydrogen-bond donors (Lipinski definition) is 4. The van der Waals surface area contributed by atoms with Gasteiger partial charge in [0.15, 0.2) is 12.4 Å². The summed E-state index contributed by atoms with van der Waals surface area (Å²) in [4.78, 5) is 24.5. The zero-order chi connectivity index (χ0) is 38.2. The number of esters is 2. The lowest BCUT2D eigenvalue weighted by molar-refractivity contribution is -0.199. The Morgan fingerprint density at radius 1 is 0.769 bits per heavy atom. The van der Waals surface area contributed by atoms with E-state index in [1.165, 1.54) is 77.0 Å². The first-order valence-electron chi connectivity index (χ1n) is 21.1. The second-order valence-corrected chi connectivity index (χ2v) is 15.4. The number of aliphatic hydroxyl groups is 4. The van der Waals surface area contributed by atoms with Crippen molar-refractivity contribution in [1.82, 2.24) is 0 Å². The van der Waals surface area contributed by atoms with Crippen molar-refractivity contribution in [3.63, 3.8) is 0 Å².